The molecule has 0 amide bonds. The molecule has 1 unspecified atom stereocenters. The van der Waals surface area contributed by atoms with Crippen LogP contribution in [0.2, 0.25) is 0 Å². The van der Waals surface area contributed by atoms with Gasteiger partial charge in [-0.15, -0.1) is 0 Å². The van der Waals surface area contributed by atoms with E-state index in [2.05, 4.69) is 40.0 Å². The zero-order chi connectivity index (χ0) is 12.7. The lowest BCUT2D eigenvalue weighted by Crippen LogP contribution is -2.47. The van der Waals surface area contributed by atoms with Crippen LogP contribution >= 0.6 is 0 Å². The maximum Gasteiger partial charge on any atom is 0.0466 e. The van der Waals surface area contributed by atoms with E-state index in [-0.39, 0.29) is 0 Å². The van der Waals surface area contributed by atoms with Gasteiger partial charge in [0.05, 0.1) is 0 Å². The van der Waals surface area contributed by atoms with Gasteiger partial charge in [0.2, 0.25) is 0 Å². The van der Waals surface area contributed by atoms with Crippen LogP contribution in [0.25, 0.3) is 0 Å². The van der Waals surface area contributed by atoms with E-state index < -0.39 is 0 Å². The van der Waals surface area contributed by atoms with Gasteiger partial charge in [0.25, 0.3) is 0 Å². The molecule has 4 rings (SSSR count). The molecule has 19 heavy (non-hydrogen) atoms. The average molecular weight is 257 g/mol. The Labute approximate surface area is 115 Å². The fourth-order valence-corrected chi connectivity index (χ4v) is 3.09. The van der Waals surface area contributed by atoms with Crippen LogP contribution in [-0.2, 0) is 6.42 Å². The second-order valence-corrected chi connectivity index (χ2v) is 6.24. The highest BCUT2D eigenvalue weighted by Crippen LogP contribution is 2.31. The predicted octanol–water partition coefficient (Wildman–Crippen LogP) is 2.00. The van der Waals surface area contributed by atoms with Gasteiger partial charge in [-0.1, -0.05) is 24.3 Å². The highest BCUT2D eigenvalue weighted by molar-refractivity contribution is 5.32. The summed E-state index contributed by atoms with van der Waals surface area (Å²) in [5, 5.41) is 6.23. The summed E-state index contributed by atoms with van der Waals surface area (Å²) in [5.74, 6) is 0. The third kappa shape index (κ3) is 2.69. The van der Waals surface area contributed by atoms with Crippen molar-refractivity contribution in [2.75, 3.05) is 13.1 Å². The second-order valence-electron chi connectivity index (χ2n) is 6.24. The summed E-state index contributed by atoms with van der Waals surface area (Å²) in [5.41, 5.74) is 6.77. The largest absolute Gasteiger partial charge is 0.308 e. The second kappa shape index (κ2) is 4.89. The molecule has 102 valence electrons. The van der Waals surface area contributed by atoms with E-state index >= 15 is 0 Å². The van der Waals surface area contributed by atoms with Crippen LogP contribution in [0.1, 0.15) is 42.9 Å². The Morgan fingerprint density at radius 3 is 2.79 bits per heavy atom. The lowest BCUT2D eigenvalue weighted by atomic mass is 9.94. The van der Waals surface area contributed by atoms with Gasteiger partial charge in [0.15, 0.2) is 0 Å². The monoisotopic (exact) mass is 257 g/mol. The van der Waals surface area contributed by atoms with Gasteiger partial charge in [0, 0.05) is 24.7 Å². The Kier molecular flexibility index (Phi) is 3.06. The van der Waals surface area contributed by atoms with E-state index in [1.807, 2.05) is 0 Å². The highest BCUT2D eigenvalue weighted by Gasteiger charge is 2.35. The van der Waals surface area contributed by atoms with E-state index in [9.17, 15) is 0 Å². The van der Waals surface area contributed by atoms with E-state index in [0.717, 1.165) is 25.2 Å². The van der Waals surface area contributed by atoms with Gasteiger partial charge in [-0.25, -0.2) is 5.01 Å². The summed E-state index contributed by atoms with van der Waals surface area (Å²) in [6.45, 7) is 2.22. The number of hydrogen-bond acceptors (Lipinski definition) is 3. The molecule has 3 nitrogen and oxygen atoms in total. The molecule has 0 aromatic heterocycles. The van der Waals surface area contributed by atoms with Crippen LogP contribution in [0, 0.1) is 0 Å². The molecule has 2 N–H and O–H groups in total. The summed E-state index contributed by atoms with van der Waals surface area (Å²) >= 11 is 0. The molecule has 1 aromatic carbocycles. The van der Waals surface area contributed by atoms with Crippen LogP contribution in [-0.4, -0.2) is 30.2 Å². The van der Waals surface area contributed by atoms with Crippen molar-refractivity contribution in [2.45, 2.75) is 50.2 Å². The molecule has 2 aliphatic carbocycles. The standard InChI is InChI=1S/C16H23N3/c1-2-4-15-12(3-1)9-10-17-16(15)11-19(14-7-8-14)18-13-5-6-13/h1-4,13-14,16-18H,5-11H2. The molecule has 1 atom stereocenters. The van der Waals surface area contributed by atoms with Crippen molar-refractivity contribution in [2.24, 2.45) is 0 Å². The lowest BCUT2D eigenvalue weighted by molar-refractivity contribution is 0.151. The molecule has 1 heterocycles. The zero-order valence-electron chi connectivity index (χ0n) is 11.4. The van der Waals surface area contributed by atoms with Crippen molar-refractivity contribution in [1.29, 1.82) is 0 Å². The maximum atomic E-state index is 3.72. The van der Waals surface area contributed by atoms with E-state index in [0.29, 0.717) is 6.04 Å². The van der Waals surface area contributed by atoms with Gasteiger partial charge in [0.1, 0.15) is 0 Å². The van der Waals surface area contributed by atoms with Gasteiger partial charge in [-0.2, -0.15) is 0 Å². The molecule has 3 heteroatoms. The topological polar surface area (TPSA) is 27.3 Å². The lowest BCUT2D eigenvalue weighted by Gasteiger charge is -2.32. The molecular formula is C16H23N3. The van der Waals surface area contributed by atoms with Crippen molar-refractivity contribution < 1.29 is 0 Å². The first-order chi connectivity index (χ1) is 9.40. The van der Waals surface area contributed by atoms with Crippen LogP contribution in [0.5, 0.6) is 0 Å². The van der Waals surface area contributed by atoms with Crippen LogP contribution in [0.3, 0.4) is 0 Å². The number of nitrogens with one attached hydrogen (secondary N) is 2. The molecule has 1 aromatic rings. The van der Waals surface area contributed by atoms with Crippen LogP contribution < -0.4 is 10.7 Å². The smallest absolute Gasteiger partial charge is 0.0466 e. The van der Waals surface area contributed by atoms with E-state index in [1.54, 1.807) is 0 Å². The number of nitrogens with zero attached hydrogens (tertiary/aromatic N) is 1. The molecule has 1 aliphatic heterocycles. The summed E-state index contributed by atoms with van der Waals surface area (Å²) in [6, 6.07) is 11.0. The minimum atomic E-state index is 0.497. The minimum absolute atomic E-state index is 0.497. The maximum absolute atomic E-state index is 3.72. The van der Waals surface area contributed by atoms with Crippen molar-refractivity contribution in [3.63, 3.8) is 0 Å². The predicted molar refractivity (Wildman–Crippen MR) is 76.8 cm³/mol. The van der Waals surface area contributed by atoms with Gasteiger partial charge >= 0.3 is 0 Å². The van der Waals surface area contributed by atoms with Gasteiger partial charge < -0.3 is 5.32 Å². The Hall–Kier alpha value is -0.900. The third-order valence-corrected chi connectivity index (χ3v) is 4.51. The molecule has 0 spiro atoms. The van der Waals surface area contributed by atoms with Crippen molar-refractivity contribution in [3.8, 4) is 0 Å². The quantitative estimate of drug-likeness (QED) is 0.790. The van der Waals surface area contributed by atoms with E-state index in [4.69, 9.17) is 0 Å². The number of rotatable bonds is 5. The molecule has 0 radical (unpaired) electrons. The first-order valence-corrected chi connectivity index (χ1v) is 7.74. The fourth-order valence-electron chi connectivity index (χ4n) is 3.09. The molecule has 3 aliphatic rings. The van der Waals surface area contributed by atoms with Gasteiger partial charge in [-0.3, -0.25) is 5.43 Å². The molecule has 0 bridgehead atoms. The number of hydrogen-bond donors (Lipinski definition) is 2. The summed E-state index contributed by atoms with van der Waals surface area (Å²) in [7, 11) is 0. The molecule has 2 saturated carbocycles. The first kappa shape index (κ1) is 11.9. The fraction of sp³-hybridized carbons (Fsp3) is 0.625. The Morgan fingerprint density at radius 1 is 1.16 bits per heavy atom. The third-order valence-electron chi connectivity index (χ3n) is 4.51. The van der Waals surface area contributed by atoms with Crippen LogP contribution in [0.4, 0.5) is 0 Å². The Bertz CT molecular complexity index is 451. The summed E-state index contributed by atoms with van der Waals surface area (Å²) in [6.07, 6.45) is 6.63. The van der Waals surface area contributed by atoms with E-state index in [1.165, 1.54) is 43.2 Å². The number of benzene rings is 1. The Balaban J connectivity index is 1.49. The van der Waals surface area contributed by atoms with Crippen LogP contribution in [0.15, 0.2) is 24.3 Å². The zero-order valence-corrected chi connectivity index (χ0v) is 11.4. The normalized spacial score (nSPS) is 26.5. The van der Waals surface area contributed by atoms with Crippen molar-refractivity contribution >= 4 is 0 Å². The summed E-state index contributed by atoms with van der Waals surface area (Å²) in [4.78, 5) is 0. The molecule has 2 fully saturated rings. The number of hydrazine groups is 1. The summed E-state index contributed by atoms with van der Waals surface area (Å²) < 4.78 is 0. The SMILES string of the molecule is c1ccc2c(c1)CCNC2CN(NC1CC1)C1CC1. The van der Waals surface area contributed by atoms with Crippen molar-refractivity contribution in [1.82, 2.24) is 15.8 Å². The molecular weight excluding hydrogens is 234 g/mol. The van der Waals surface area contributed by atoms with Crippen molar-refractivity contribution in [3.05, 3.63) is 35.4 Å². The number of fused-ring (bicyclic) bond motifs is 1. The minimum Gasteiger partial charge on any atom is -0.308 e. The highest BCUT2D eigenvalue weighted by atomic mass is 15.5. The van der Waals surface area contributed by atoms with Gasteiger partial charge in [-0.05, 0) is 49.8 Å². The first-order valence-electron chi connectivity index (χ1n) is 7.74. The molecule has 0 saturated heterocycles. The Morgan fingerprint density at radius 2 is 2.00 bits per heavy atom. The average Bonchev–Trinajstić information content (AvgIpc) is 3.31.